The lowest BCUT2D eigenvalue weighted by Gasteiger charge is -2.11. The van der Waals surface area contributed by atoms with Gasteiger partial charge >= 0.3 is 0 Å². The maximum absolute atomic E-state index is 12.5. The summed E-state index contributed by atoms with van der Waals surface area (Å²) in [5, 5.41) is 0.0514. The number of benzene rings is 2. The van der Waals surface area contributed by atoms with Gasteiger partial charge in [-0.1, -0.05) is 23.7 Å². The van der Waals surface area contributed by atoms with Crippen molar-refractivity contribution in [3.63, 3.8) is 0 Å². The molecule has 3 rings (SSSR count). The van der Waals surface area contributed by atoms with Gasteiger partial charge in [-0.25, -0.2) is 0 Å². The molecule has 5 nitrogen and oxygen atoms in total. The number of nitrogens with zero attached hydrogens (tertiary/aromatic N) is 1. The minimum atomic E-state index is -0.471. The van der Waals surface area contributed by atoms with E-state index in [1.165, 1.54) is 0 Å². The average Bonchev–Trinajstić information content (AvgIpc) is 2.91. The number of rotatable bonds is 6. The molecule has 0 spiro atoms. The van der Waals surface area contributed by atoms with Crippen LogP contribution in [-0.2, 0) is 4.79 Å². The molecule has 0 N–H and O–H groups in total. The third kappa shape index (κ3) is 4.59. The van der Waals surface area contributed by atoms with Crippen molar-refractivity contribution in [2.24, 2.45) is 0 Å². The zero-order chi connectivity index (χ0) is 19.4. The lowest BCUT2D eigenvalue weighted by molar-refractivity contribution is -0.122. The average molecular weight is 402 g/mol. The molecule has 2 amide bonds. The summed E-state index contributed by atoms with van der Waals surface area (Å²) in [5.41, 5.74) is 1.17. The molecule has 2 aromatic carbocycles. The molecular weight excluding hydrogens is 386 g/mol. The number of Topliss-reactive ketones (excluding diaryl/α,β-unsaturated/α-hetero) is 1. The number of hydrogen-bond donors (Lipinski definition) is 0. The number of ether oxygens (including phenoxy) is 1. The van der Waals surface area contributed by atoms with E-state index < -0.39 is 11.1 Å². The summed E-state index contributed by atoms with van der Waals surface area (Å²) in [6.07, 6.45) is 1.63. The van der Waals surface area contributed by atoms with Gasteiger partial charge in [0, 0.05) is 10.6 Å². The third-order valence-corrected chi connectivity index (χ3v) is 4.99. The maximum Gasteiger partial charge on any atom is 0.293 e. The number of thioether (sulfide) groups is 1. The van der Waals surface area contributed by atoms with Crippen LogP contribution in [0.4, 0.5) is 4.79 Å². The highest BCUT2D eigenvalue weighted by Gasteiger charge is 2.36. The highest BCUT2D eigenvalue weighted by molar-refractivity contribution is 8.18. The smallest absolute Gasteiger partial charge is 0.293 e. The fourth-order valence-electron chi connectivity index (χ4n) is 2.49. The molecule has 1 heterocycles. The van der Waals surface area contributed by atoms with Crippen LogP contribution >= 0.6 is 23.4 Å². The molecule has 0 aromatic heterocycles. The van der Waals surface area contributed by atoms with Gasteiger partial charge in [0.25, 0.3) is 11.1 Å². The van der Waals surface area contributed by atoms with Crippen molar-refractivity contribution in [3.8, 4) is 5.75 Å². The number of carbonyl (C=O) groups is 3. The van der Waals surface area contributed by atoms with Crippen LogP contribution in [-0.4, -0.2) is 35.0 Å². The second-order valence-electron chi connectivity index (χ2n) is 5.70. The number of ketones is 1. The lowest BCUT2D eigenvalue weighted by atomic mass is 10.1. The zero-order valence-corrected chi connectivity index (χ0v) is 16.0. The molecule has 27 heavy (non-hydrogen) atoms. The normalized spacial score (nSPS) is 15.5. The van der Waals surface area contributed by atoms with Crippen LogP contribution in [0.2, 0.25) is 5.02 Å². The molecule has 1 aliphatic rings. The standard InChI is InChI=1S/C20H16ClNO4S/c1-2-26-16-9-3-13(4-10-16)11-18-19(24)22(20(25)27-18)12-17(23)14-5-7-15(21)8-6-14/h3-11H,2,12H2,1H3/b18-11+. The highest BCUT2D eigenvalue weighted by atomic mass is 35.5. The largest absolute Gasteiger partial charge is 0.494 e. The number of amides is 2. The topological polar surface area (TPSA) is 63.7 Å². The Kier molecular flexibility index (Phi) is 5.98. The second-order valence-corrected chi connectivity index (χ2v) is 7.13. The van der Waals surface area contributed by atoms with E-state index in [0.717, 1.165) is 28.0 Å². The van der Waals surface area contributed by atoms with Crippen LogP contribution in [0.1, 0.15) is 22.8 Å². The van der Waals surface area contributed by atoms with Gasteiger partial charge in [0.15, 0.2) is 5.78 Å². The van der Waals surface area contributed by atoms with E-state index in [4.69, 9.17) is 16.3 Å². The van der Waals surface area contributed by atoms with Crippen molar-refractivity contribution in [2.75, 3.05) is 13.2 Å². The molecule has 0 radical (unpaired) electrons. The minimum Gasteiger partial charge on any atom is -0.494 e. The monoisotopic (exact) mass is 401 g/mol. The first kappa shape index (κ1) is 19.2. The molecule has 0 unspecified atom stereocenters. The molecule has 2 aromatic rings. The zero-order valence-electron chi connectivity index (χ0n) is 14.5. The summed E-state index contributed by atoms with van der Waals surface area (Å²) in [6, 6.07) is 13.5. The van der Waals surface area contributed by atoms with E-state index in [-0.39, 0.29) is 17.2 Å². The predicted octanol–water partition coefficient (Wildman–Crippen LogP) is 4.66. The first-order valence-corrected chi connectivity index (χ1v) is 9.44. The van der Waals surface area contributed by atoms with E-state index >= 15 is 0 Å². The van der Waals surface area contributed by atoms with Crippen molar-refractivity contribution in [3.05, 3.63) is 69.6 Å². The third-order valence-electron chi connectivity index (χ3n) is 3.83. The Bertz CT molecular complexity index is 907. The predicted molar refractivity (Wildman–Crippen MR) is 106 cm³/mol. The van der Waals surface area contributed by atoms with Crippen molar-refractivity contribution in [1.82, 2.24) is 4.90 Å². The molecular formula is C20H16ClNO4S. The summed E-state index contributed by atoms with van der Waals surface area (Å²) in [7, 11) is 0. The Morgan fingerprint density at radius 2 is 1.78 bits per heavy atom. The van der Waals surface area contributed by atoms with Gasteiger partial charge in [-0.3, -0.25) is 19.3 Å². The number of halogens is 1. The molecule has 138 valence electrons. The number of hydrogen-bond acceptors (Lipinski definition) is 5. The summed E-state index contributed by atoms with van der Waals surface area (Å²) in [5.74, 6) is -0.0613. The first-order chi connectivity index (χ1) is 13.0. The quantitative estimate of drug-likeness (QED) is 0.520. The summed E-state index contributed by atoms with van der Waals surface area (Å²) < 4.78 is 5.38. The van der Waals surface area contributed by atoms with Crippen LogP contribution in [0.5, 0.6) is 5.75 Å². The number of carbonyl (C=O) groups excluding carboxylic acids is 3. The van der Waals surface area contributed by atoms with Gasteiger partial charge in [0.1, 0.15) is 5.75 Å². The van der Waals surface area contributed by atoms with Gasteiger partial charge in [-0.2, -0.15) is 0 Å². The minimum absolute atomic E-state index is 0.285. The van der Waals surface area contributed by atoms with Crippen LogP contribution in [0, 0.1) is 0 Å². The Morgan fingerprint density at radius 3 is 2.41 bits per heavy atom. The van der Waals surface area contributed by atoms with E-state index in [1.807, 2.05) is 6.92 Å². The first-order valence-electron chi connectivity index (χ1n) is 8.25. The van der Waals surface area contributed by atoms with E-state index in [0.29, 0.717) is 17.2 Å². The van der Waals surface area contributed by atoms with Gasteiger partial charge in [-0.05, 0) is 66.7 Å². The molecule has 0 saturated carbocycles. The van der Waals surface area contributed by atoms with Crippen LogP contribution in [0.3, 0.4) is 0 Å². The number of imide groups is 1. The van der Waals surface area contributed by atoms with Gasteiger partial charge in [0.2, 0.25) is 0 Å². The van der Waals surface area contributed by atoms with Crippen molar-refractivity contribution in [1.29, 1.82) is 0 Å². The molecule has 0 atom stereocenters. The Balaban J connectivity index is 1.72. The van der Waals surface area contributed by atoms with E-state index in [9.17, 15) is 14.4 Å². The summed E-state index contributed by atoms with van der Waals surface area (Å²) in [6.45, 7) is 2.17. The van der Waals surface area contributed by atoms with Crippen LogP contribution in [0.15, 0.2) is 53.4 Å². The molecule has 7 heteroatoms. The van der Waals surface area contributed by atoms with Crippen LogP contribution in [0.25, 0.3) is 6.08 Å². The van der Waals surface area contributed by atoms with Gasteiger partial charge in [0.05, 0.1) is 18.1 Å². The molecule has 1 saturated heterocycles. The summed E-state index contributed by atoms with van der Waals surface area (Å²) >= 11 is 6.63. The molecule has 1 fully saturated rings. The second kappa shape index (κ2) is 8.41. The van der Waals surface area contributed by atoms with Crippen LogP contribution < -0.4 is 4.74 Å². The molecule has 1 aliphatic heterocycles. The molecule has 0 bridgehead atoms. The highest BCUT2D eigenvalue weighted by Crippen LogP contribution is 2.32. The van der Waals surface area contributed by atoms with Crippen molar-refractivity contribution >= 4 is 46.4 Å². The fraction of sp³-hybridized carbons (Fsp3) is 0.150. The van der Waals surface area contributed by atoms with E-state index in [1.54, 1.807) is 54.6 Å². The summed E-state index contributed by atoms with van der Waals surface area (Å²) in [4.78, 5) is 38.3. The Morgan fingerprint density at radius 1 is 1.11 bits per heavy atom. The van der Waals surface area contributed by atoms with Crippen molar-refractivity contribution in [2.45, 2.75) is 6.92 Å². The molecule has 0 aliphatic carbocycles. The Labute approximate surface area is 165 Å². The van der Waals surface area contributed by atoms with Gasteiger partial charge < -0.3 is 4.74 Å². The lowest BCUT2D eigenvalue weighted by Crippen LogP contribution is -2.33. The van der Waals surface area contributed by atoms with Crippen molar-refractivity contribution < 1.29 is 19.1 Å². The van der Waals surface area contributed by atoms with Gasteiger partial charge in [-0.15, -0.1) is 0 Å². The fourth-order valence-corrected chi connectivity index (χ4v) is 3.45. The SMILES string of the molecule is CCOc1ccc(/C=C2/SC(=O)N(CC(=O)c3ccc(Cl)cc3)C2=O)cc1. The maximum atomic E-state index is 12.5. The van der Waals surface area contributed by atoms with E-state index in [2.05, 4.69) is 0 Å². The Hall–Kier alpha value is -2.57.